The summed E-state index contributed by atoms with van der Waals surface area (Å²) in [6.45, 7) is 0. The number of nitrogens with zero attached hydrogens (tertiary/aromatic N) is 3. The molecule has 5 nitrogen and oxygen atoms in total. The van der Waals surface area contributed by atoms with Crippen molar-refractivity contribution in [2.45, 2.75) is 25.1 Å². The summed E-state index contributed by atoms with van der Waals surface area (Å²) in [4.78, 5) is 12.5. The van der Waals surface area contributed by atoms with Crippen LogP contribution in [-0.4, -0.2) is 26.3 Å². The molecule has 1 aliphatic carbocycles. The van der Waals surface area contributed by atoms with Crippen LogP contribution in [0.1, 0.15) is 28.8 Å². The molecule has 2 aromatic heterocycles. The van der Waals surface area contributed by atoms with Crippen molar-refractivity contribution in [3.05, 3.63) is 66.1 Å². The molecule has 0 atom stereocenters. The van der Waals surface area contributed by atoms with E-state index in [0.29, 0.717) is 11.4 Å². The number of alkyl halides is 3. The maximum Gasteiger partial charge on any atom is 0.416 e. The number of carbonyl (C=O) groups is 1. The first-order valence-electron chi connectivity index (χ1n) is 8.13. The Morgan fingerprint density at radius 2 is 1.88 bits per heavy atom. The Morgan fingerprint density at radius 1 is 1.15 bits per heavy atom. The fraction of sp³-hybridized carbons (Fsp3) is 0.222. The van der Waals surface area contributed by atoms with Gasteiger partial charge in [0.25, 0.3) is 5.91 Å². The molecule has 1 amide bonds. The van der Waals surface area contributed by atoms with E-state index in [0.717, 1.165) is 25.0 Å². The predicted octanol–water partition coefficient (Wildman–Crippen LogP) is 3.57. The van der Waals surface area contributed by atoms with Crippen molar-refractivity contribution in [3.63, 3.8) is 0 Å². The van der Waals surface area contributed by atoms with Crippen LogP contribution in [0.3, 0.4) is 0 Å². The van der Waals surface area contributed by atoms with Crippen LogP contribution in [0.2, 0.25) is 0 Å². The van der Waals surface area contributed by atoms with E-state index in [1.807, 2.05) is 0 Å². The number of hydrogen-bond donors (Lipinski definition) is 1. The fourth-order valence-corrected chi connectivity index (χ4v) is 2.72. The van der Waals surface area contributed by atoms with E-state index in [4.69, 9.17) is 0 Å². The van der Waals surface area contributed by atoms with Gasteiger partial charge in [-0.25, -0.2) is 4.68 Å². The highest BCUT2D eigenvalue weighted by Crippen LogP contribution is 2.31. The summed E-state index contributed by atoms with van der Waals surface area (Å²) in [7, 11) is 0. The molecule has 0 saturated heterocycles. The van der Waals surface area contributed by atoms with Crippen LogP contribution in [0.15, 0.2) is 55.0 Å². The lowest BCUT2D eigenvalue weighted by atomic mass is 10.2. The Balaban J connectivity index is 1.82. The molecule has 4 rings (SSSR count). The molecule has 0 spiro atoms. The Labute approximate surface area is 147 Å². The van der Waals surface area contributed by atoms with Crippen molar-refractivity contribution in [1.29, 1.82) is 0 Å². The molecule has 1 saturated carbocycles. The van der Waals surface area contributed by atoms with Crippen LogP contribution < -0.4 is 5.32 Å². The Bertz CT molecular complexity index is 940. The van der Waals surface area contributed by atoms with Crippen LogP contribution in [0.5, 0.6) is 0 Å². The summed E-state index contributed by atoms with van der Waals surface area (Å²) in [5.41, 5.74) is -0.229. The average molecular weight is 360 g/mol. The zero-order valence-electron chi connectivity index (χ0n) is 13.6. The summed E-state index contributed by atoms with van der Waals surface area (Å²) in [6, 6.07) is 8.57. The molecule has 1 aromatic carbocycles. The van der Waals surface area contributed by atoms with Gasteiger partial charge in [-0.15, -0.1) is 0 Å². The molecule has 1 fully saturated rings. The maximum absolute atomic E-state index is 13.0. The van der Waals surface area contributed by atoms with Gasteiger partial charge in [-0.3, -0.25) is 4.79 Å². The number of halogens is 3. The van der Waals surface area contributed by atoms with E-state index < -0.39 is 11.7 Å². The molecule has 134 valence electrons. The average Bonchev–Trinajstić information content (AvgIpc) is 3.11. The van der Waals surface area contributed by atoms with Crippen LogP contribution >= 0.6 is 0 Å². The van der Waals surface area contributed by atoms with Gasteiger partial charge in [0.05, 0.1) is 17.4 Å². The van der Waals surface area contributed by atoms with E-state index in [2.05, 4.69) is 10.4 Å². The summed E-state index contributed by atoms with van der Waals surface area (Å²) >= 11 is 0. The third kappa shape index (κ3) is 3.10. The van der Waals surface area contributed by atoms with Crippen LogP contribution in [0.25, 0.3) is 11.5 Å². The van der Waals surface area contributed by atoms with Gasteiger partial charge in [-0.1, -0.05) is 6.07 Å². The lowest BCUT2D eigenvalue weighted by Crippen LogP contribution is -2.26. The van der Waals surface area contributed by atoms with Crippen LogP contribution in [0.4, 0.5) is 13.2 Å². The van der Waals surface area contributed by atoms with Crippen molar-refractivity contribution >= 4 is 5.91 Å². The second kappa shape index (κ2) is 6.05. The quantitative estimate of drug-likeness (QED) is 0.773. The molecule has 0 aliphatic heterocycles. The van der Waals surface area contributed by atoms with Gasteiger partial charge in [-0.2, -0.15) is 18.3 Å². The highest BCUT2D eigenvalue weighted by atomic mass is 19.4. The van der Waals surface area contributed by atoms with Gasteiger partial charge in [0, 0.05) is 18.4 Å². The van der Waals surface area contributed by atoms with Crippen molar-refractivity contribution in [1.82, 2.24) is 19.7 Å². The van der Waals surface area contributed by atoms with Gasteiger partial charge in [0.15, 0.2) is 5.82 Å². The molecular formula is C18H15F3N4O. The highest BCUT2D eigenvalue weighted by Gasteiger charge is 2.31. The summed E-state index contributed by atoms with van der Waals surface area (Å²) in [6.07, 6.45) is 2.24. The number of carbonyl (C=O) groups excluding carboxylic acids is 1. The second-order valence-electron chi connectivity index (χ2n) is 6.18. The number of hydrogen-bond acceptors (Lipinski definition) is 2. The van der Waals surface area contributed by atoms with Crippen LogP contribution in [0, 0.1) is 0 Å². The van der Waals surface area contributed by atoms with E-state index in [1.165, 1.54) is 23.0 Å². The van der Waals surface area contributed by atoms with E-state index >= 15 is 0 Å². The van der Waals surface area contributed by atoms with Crippen molar-refractivity contribution < 1.29 is 18.0 Å². The minimum atomic E-state index is -4.46. The largest absolute Gasteiger partial charge is 0.416 e. The number of aromatic nitrogens is 3. The highest BCUT2D eigenvalue weighted by molar-refractivity contribution is 5.97. The monoisotopic (exact) mass is 360 g/mol. The zero-order chi connectivity index (χ0) is 18.3. The first-order valence-corrected chi connectivity index (χ1v) is 8.13. The van der Waals surface area contributed by atoms with Crippen molar-refractivity contribution in [3.8, 4) is 11.5 Å². The minimum absolute atomic E-state index is 0.164. The molecule has 1 aliphatic rings. The molecule has 26 heavy (non-hydrogen) atoms. The Kier molecular flexibility index (Phi) is 3.82. The van der Waals surface area contributed by atoms with Gasteiger partial charge in [-0.05, 0) is 43.2 Å². The molecule has 0 unspecified atom stereocenters. The van der Waals surface area contributed by atoms with Crippen molar-refractivity contribution in [2.75, 3.05) is 0 Å². The molecular weight excluding hydrogens is 345 g/mol. The lowest BCUT2D eigenvalue weighted by Gasteiger charge is -2.13. The first kappa shape index (κ1) is 16.4. The van der Waals surface area contributed by atoms with E-state index in [9.17, 15) is 18.0 Å². The number of benzene rings is 1. The summed E-state index contributed by atoms with van der Waals surface area (Å²) in [5, 5.41) is 7.07. The smallest absolute Gasteiger partial charge is 0.349 e. The minimum Gasteiger partial charge on any atom is -0.349 e. The molecule has 2 heterocycles. The number of rotatable bonds is 4. The third-order valence-electron chi connectivity index (χ3n) is 4.17. The van der Waals surface area contributed by atoms with E-state index in [1.54, 1.807) is 29.1 Å². The lowest BCUT2D eigenvalue weighted by molar-refractivity contribution is -0.137. The van der Waals surface area contributed by atoms with Gasteiger partial charge in [0.1, 0.15) is 5.56 Å². The first-order chi connectivity index (χ1) is 12.4. The van der Waals surface area contributed by atoms with Gasteiger partial charge < -0.3 is 9.88 Å². The second-order valence-corrected chi connectivity index (χ2v) is 6.18. The fourth-order valence-electron chi connectivity index (χ4n) is 2.72. The van der Waals surface area contributed by atoms with E-state index in [-0.39, 0.29) is 17.6 Å². The van der Waals surface area contributed by atoms with Gasteiger partial charge in [0.2, 0.25) is 0 Å². The molecule has 0 bridgehead atoms. The molecule has 8 heteroatoms. The normalized spacial score (nSPS) is 14.4. The molecule has 1 N–H and O–H groups in total. The third-order valence-corrected chi connectivity index (χ3v) is 4.17. The molecule has 3 aromatic rings. The van der Waals surface area contributed by atoms with Crippen molar-refractivity contribution in [2.24, 2.45) is 0 Å². The number of nitrogens with one attached hydrogen (secondary N) is 1. The Hall–Kier alpha value is -3.03. The maximum atomic E-state index is 13.0. The van der Waals surface area contributed by atoms with Crippen LogP contribution in [-0.2, 0) is 6.18 Å². The zero-order valence-corrected chi connectivity index (χ0v) is 13.6. The summed E-state index contributed by atoms with van der Waals surface area (Å²) < 4.78 is 42.1. The number of amides is 1. The topological polar surface area (TPSA) is 51.9 Å². The van der Waals surface area contributed by atoms with Gasteiger partial charge >= 0.3 is 6.18 Å². The Morgan fingerprint density at radius 3 is 2.54 bits per heavy atom. The SMILES string of the molecule is O=C(NC1CC1)c1cnn(-c2cccc(C(F)(F)F)c2)c1-n1cccc1. The predicted molar refractivity (Wildman–Crippen MR) is 88.4 cm³/mol. The molecule has 0 radical (unpaired) electrons. The summed E-state index contributed by atoms with van der Waals surface area (Å²) in [5.74, 6) is 0.113. The standard InChI is InChI=1S/C18H15F3N4O/c19-18(20,21)12-4-3-5-14(10-12)25-17(24-8-1-2-9-24)15(11-22-25)16(26)23-13-6-7-13/h1-5,8-11,13H,6-7H2,(H,23,26).